The Balaban J connectivity index is 1.43. The third-order valence-corrected chi connectivity index (χ3v) is 8.90. The van der Waals surface area contributed by atoms with Gasteiger partial charge < -0.3 is 20.6 Å². The van der Waals surface area contributed by atoms with E-state index in [0.717, 1.165) is 30.8 Å². The predicted molar refractivity (Wildman–Crippen MR) is 141 cm³/mol. The second kappa shape index (κ2) is 11.7. The van der Waals surface area contributed by atoms with Crippen molar-refractivity contribution in [3.8, 4) is 0 Å². The Labute approximate surface area is 226 Å². The highest BCUT2D eigenvalue weighted by atomic mass is 35.5. The van der Waals surface area contributed by atoms with E-state index in [0.29, 0.717) is 25.2 Å². The van der Waals surface area contributed by atoms with Crippen LogP contribution in [0.3, 0.4) is 0 Å². The van der Waals surface area contributed by atoms with Crippen LogP contribution in [-0.4, -0.2) is 60.8 Å². The summed E-state index contributed by atoms with van der Waals surface area (Å²) in [6, 6.07) is 7.00. The number of rotatable bonds is 11. The number of nitrogens with zero attached hydrogens (tertiary/aromatic N) is 2. The highest BCUT2D eigenvalue weighted by Crippen LogP contribution is 2.41. The number of hydrogen-bond acceptors (Lipinski definition) is 8. The van der Waals surface area contributed by atoms with Gasteiger partial charge in [-0.1, -0.05) is 28.9 Å². The lowest BCUT2D eigenvalue weighted by Gasteiger charge is -2.35. The topological polar surface area (TPSA) is 159 Å². The van der Waals surface area contributed by atoms with Gasteiger partial charge in [0.25, 0.3) is 0 Å². The molecule has 1 fully saturated rings. The van der Waals surface area contributed by atoms with Crippen molar-refractivity contribution in [3.05, 3.63) is 53.2 Å². The normalized spacial score (nSPS) is 22.7. The van der Waals surface area contributed by atoms with Crippen LogP contribution in [0.25, 0.3) is 0 Å². The highest BCUT2D eigenvalue weighted by molar-refractivity contribution is 7.89. The number of oxime groups is 1. The maximum absolute atomic E-state index is 13.0. The average molecular weight is 564 g/mol. The van der Waals surface area contributed by atoms with Crippen molar-refractivity contribution >= 4 is 45.5 Å². The SMILES string of the molecule is Cc1ccc(S(=O)(=O)N[C@H](C(=O)O)C(NC=O)C2=NOC3(CCC(CNc4ccccn4)CC3)C2)c(Cl)c1. The smallest absolute Gasteiger partial charge is 0.324 e. The molecule has 2 aromatic rings. The molecule has 1 aromatic heterocycles. The number of hydrogen-bond donors (Lipinski definition) is 4. The first-order valence-electron chi connectivity index (χ1n) is 12.2. The quantitative estimate of drug-likeness (QED) is 0.304. The van der Waals surface area contributed by atoms with Gasteiger partial charge in [0.15, 0.2) is 0 Å². The van der Waals surface area contributed by atoms with Gasteiger partial charge in [0.1, 0.15) is 22.4 Å². The summed E-state index contributed by atoms with van der Waals surface area (Å²) in [5.74, 6) is -0.270. The number of carboxylic acids is 1. The molecule has 0 saturated heterocycles. The Hall–Kier alpha value is -3.22. The van der Waals surface area contributed by atoms with Crippen LogP contribution < -0.4 is 15.4 Å². The number of carbonyl (C=O) groups is 2. The average Bonchev–Trinajstić information content (AvgIpc) is 3.29. The van der Waals surface area contributed by atoms with Crippen molar-refractivity contribution in [2.24, 2.45) is 11.1 Å². The molecule has 2 aliphatic rings. The van der Waals surface area contributed by atoms with Crippen LogP contribution in [0.1, 0.15) is 37.7 Å². The fourth-order valence-corrected chi connectivity index (χ4v) is 6.68. The van der Waals surface area contributed by atoms with Crippen molar-refractivity contribution in [2.45, 2.75) is 61.6 Å². The first kappa shape index (κ1) is 27.8. The summed E-state index contributed by atoms with van der Waals surface area (Å²) < 4.78 is 28.3. The van der Waals surface area contributed by atoms with Crippen molar-refractivity contribution in [3.63, 3.8) is 0 Å². The van der Waals surface area contributed by atoms with Crippen molar-refractivity contribution < 1.29 is 28.0 Å². The molecule has 13 heteroatoms. The van der Waals surface area contributed by atoms with Crippen molar-refractivity contribution in [1.82, 2.24) is 15.0 Å². The molecule has 204 valence electrons. The Morgan fingerprint density at radius 3 is 2.68 bits per heavy atom. The third-order valence-electron chi connectivity index (χ3n) is 6.98. The lowest BCUT2D eigenvalue weighted by molar-refractivity contribution is -0.139. The summed E-state index contributed by atoms with van der Waals surface area (Å²) in [6.07, 6.45) is 5.41. The van der Waals surface area contributed by atoms with E-state index < -0.39 is 33.7 Å². The number of aromatic nitrogens is 1. The second-order valence-corrected chi connectivity index (χ2v) is 11.8. The molecule has 1 spiro atoms. The number of pyridine rings is 1. The van der Waals surface area contributed by atoms with E-state index in [1.807, 2.05) is 18.2 Å². The minimum absolute atomic E-state index is 0.0451. The maximum Gasteiger partial charge on any atom is 0.324 e. The summed E-state index contributed by atoms with van der Waals surface area (Å²) >= 11 is 6.12. The molecule has 38 heavy (non-hydrogen) atoms. The monoisotopic (exact) mass is 563 g/mol. The van der Waals surface area contributed by atoms with Gasteiger partial charge in [-0.05, 0) is 68.4 Å². The van der Waals surface area contributed by atoms with E-state index in [-0.39, 0.29) is 22.1 Å². The van der Waals surface area contributed by atoms with Crippen LogP contribution in [0.15, 0.2) is 52.6 Å². The maximum atomic E-state index is 13.0. The van der Waals surface area contributed by atoms with Gasteiger partial charge in [-0.3, -0.25) is 9.59 Å². The Morgan fingerprint density at radius 1 is 1.29 bits per heavy atom. The van der Waals surface area contributed by atoms with Gasteiger partial charge in [0, 0.05) is 19.2 Å². The molecule has 1 aromatic carbocycles. The Bertz CT molecular complexity index is 1300. The first-order chi connectivity index (χ1) is 18.1. The number of aryl methyl sites for hydroxylation is 1. The lowest BCUT2D eigenvalue weighted by Crippen LogP contribution is -2.57. The van der Waals surface area contributed by atoms with Gasteiger partial charge >= 0.3 is 5.97 Å². The van der Waals surface area contributed by atoms with Crippen LogP contribution in [0.4, 0.5) is 5.82 Å². The summed E-state index contributed by atoms with van der Waals surface area (Å²) in [5.41, 5.74) is 0.378. The van der Waals surface area contributed by atoms with Gasteiger partial charge in [-0.15, -0.1) is 0 Å². The van der Waals surface area contributed by atoms with E-state index in [1.165, 1.54) is 12.1 Å². The summed E-state index contributed by atoms with van der Waals surface area (Å²) in [5, 5.41) is 19.8. The van der Waals surface area contributed by atoms with Gasteiger partial charge in [0.2, 0.25) is 16.4 Å². The van der Waals surface area contributed by atoms with E-state index in [9.17, 15) is 23.1 Å². The molecule has 1 amide bonds. The largest absolute Gasteiger partial charge is 0.480 e. The van der Waals surface area contributed by atoms with Crippen LogP contribution in [-0.2, 0) is 24.4 Å². The van der Waals surface area contributed by atoms with Crippen LogP contribution in [0, 0.1) is 12.8 Å². The predicted octanol–water partition coefficient (Wildman–Crippen LogP) is 2.71. The molecular weight excluding hydrogens is 534 g/mol. The fourth-order valence-electron chi connectivity index (χ4n) is 4.88. The molecule has 1 saturated carbocycles. The van der Waals surface area contributed by atoms with Crippen LogP contribution in [0.5, 0.6) is 0 Å². The number of sulfonamides is 1. The number of aliphatic carboxylic acids is 1. The number of nitrogens with one attached hydrogen (secondary N) is 3. The number of amides is 1. The minimum atomic E-state index is -4.34. The molecule has 1 aliphatic heterocycles. The number of anilines is 1. The van der Waals surface area contributed by atoms with E-state index in [2.05, 4.69) is 25.5 Å². The number of halogens is 1. The zero-order valence-corrected chi connectivity index (χ0v) is 22.3. The summed E-state index contributed by atoms with van der Waals surface area (Å²) in [7, 11) is -4.34. The fraction of sp³-hybridized carbons (Fsp3) is 0.440. The van der Waals surface area contributed by atoms with Crippen LogP contribution in [0.2, 0.25) is 5.02 Å². The standard InChI is InChI=1S/C25H30ClN5O6S/c1-16-5-6-20(18(26)12-16)38(35,36)31-23(24(33)34)22(29-15-32)19-13-25(37-30-19)9-7-17(8-10-25)14-28-21-4-2-3-11-27-21/h2-6,11-12,15,17,22-23,31H,7-10,13-14H2,1H3,(H,27,28)(H,29,32)(H,33,34)/t17?,22?,23-,25?/m0/s1. The molecule has 2 heterocycles. The molecule has 11 nitrogen and oxygen atoms in total. The molecule has 0 radical (unpaired) electrons. The summed E-state index contributed by atoms with van der Waals surface area (Å²) in [6.45, 7) is 2.51. The zero-order chi connectivity index (χ0) is 27.3. The van der Waals surface area contributed by atoms with E-state index in [4.69, 9.17) is 16.4 Å². The molecule has 1 aliphatic carbocycles. The van der Waals surface area contributed by atoms with Crippen molar-refractivity contribution in [2.75, 3.05) is 11.9 Å². The molecule has 0 bridgehead atoms. The van der Waals surface area contributed by atoms with Gasteiger partial charge in [0.05, 0.1) is 16.8 Å². The summed E-state index contributed by atoms with van der Waals surface area (Å²) in [4.78, 5) is 33.4. The number of carbonyl (C=O) groups excluding carboxylic acids is 1. The van der Waals surface area contributed by atoms with E-state index in [1.54, 1.807) is 19.2 Å². The molecule has 2 atom stereocenters. The zero-order valence-electron chi connectivity index (χ0n) is 20.8. The molecule has 4 N–H and O–H groups in total. The van der Waals surface area contributed by atoms with E-state index >= 15 is 0 Å². The Kier molecular flexibility index (Phi) is 8.54. The lowest BCUT2D eigenvalue weighted by atomic mass is 9.75. The highest BCUT2D eigenvalue weighted by Gasteiger charge is 2.47. The second-order valence-electron chi connectivity index (χ2n) is 9.71. The molecule has 4 rings (SSSR count). The minimum Gasteiger partial charge on any atom is -0.480 e. The number of carboxylic acid groups (broad SMARTS) is 1. The van der Waals surface area contributed by atoms with Gasteiger partial charge in [-0.2, -0.15) is 4.72 Å². The van der Waals surface area contributed by atoms with Crippen LogP contribution >= 0.6 is 11.6 Å². The van der Waals surface area contributed by atoms with Gasteiger partial charge in [-0.25, -0.2) is 13.4 Å². The number of benzene rings is 1. The Morgan fingerprint density at radius 2 is 2.05 bits per heavy atom. The third kappa shape index (κ3) is 6.43. The first-order valence-corrected chi connectivity index (χ1v) is 14.1. The molecular formula is C25H30ClN5O6S. The molecule has 1 unspecified atom stereocenters. The van der Waals surface area contributed by atoms with Crippen molar-refractivity contribution in [1.29, 1.82) is 0 Å².